The van der Waals surface area contributed by atoms with Crippen molar-refractivity contribution < 1.29 is 79.3 Å². The normalized spacial score (nSPS) is 17.0. The molecule has 0 bridgehead atoms. The second-order valence-corrected chi connectivity index (χ2v) is 59.1. The number of amides is 6. The minimum Gasteiger partial charge on any atom is -0.472 e. The first-order chi connectivity index (χ1) is 68.1. The van der Waals surface area contributed by atoms with E-state index in [1.807, 2.05) is 207 Å². The molecule has 0 radical (unpaired) electrons. The molecule has 26 nitrogen and oxygen atoms in total. The minimum absolute atomic E-state index is 0.00306. The van der Waals surface area contributed by atoms with Crippen molar-refractivity contribution in [3.8, 4) is 0 Å². The van der Waals surface area contributed by atoms with Crippen molar-refractivity contribution in [3.63, 3.8) is 0 Å². The molecule has 7 aliphatic rings. The molecule has 746 valence electrons. The van der Waals surface area contributed by atoms with Gasteiger partial charge in [-0.25, -0.2) is 4.98 Å². The Morgan fingerprint density at radius 2 is 1.00 bits per heavy atom. The fourth-order valence-corrected chi connectivity index (χ4v) is 27.4. The summed E-state index contributed by atoms with van der Waals surface area (Å²) < 4.78 is 93.2. The Hall–Kier alpha value is -12.4. The van der Waals surface area contributed by atoms with E-state index < -0.39 is 42.9 Å². The number of rotatable bonds is 20. The number of nitrogens with zero attached hydrogens (tertiary/aromatic N) is 3. The zero-order chi connectivity index (χ0) is 104. The quantitative estimate of drug-likeness (QED) is 0.0234. The number of aromatic nitrogens is 2. The van der Waals surface area contributed by atoms with E-state index in [9.17, 15) is 65.7 Å². The summed E-state index contributed by atoms with van der Waals surface area (Å²) in [6, 6.07) is 51.0. The van der Waals surface area contributed by atoms with E-state index in [2.05, 4.69) is 62.7 Å². The Morgan fingerprint density at radius 1 is 0.486 bits per heavy atom. The lowest BCUT2D eigenvalue weighted by Crippen LogP contribution is -2.26. The standard InChI is InChI=1S/C22H21N2O2P.C22H24NO5P.C17H17BrNO2PS.C17H23N2O3P.C17H17N2O2P.C15H14NO3P/c1-4-27(3,26)20-12-14(2)11-17-18(22(25)24-21(17)20)13-16-10-9-15-7-5-6-8-19(15)23-16;1-6-29(27,7-2)15-8-9-19-17(10-15)18(22(26)23-19)11-16-14(5)28-21(13(4)25)20(16)12(3)24;1-3-22(21,4-2)12-5-6-16-14(8-12)15(17(20)19-16)9-13-7-11(18)10-23-13;1-11-8-13-16(14(9-11)23(3,4)21)12(17(20)18-13)10-19-7-5-6-15(19)22-2;1-11-5-4-6-12(18-11)9-15-14-8-7-13(22(2,3)21)10-16(14)19-17(15)20;1-20(2,18)11-3-4-12-13(7-10-5-6-19-9-10)15(17)16-14(12)8-11/h5-13H,4H2,1-3H3,(H,24,25);8-11H,6-7H2,1-5H3,(H,23,26);5-10H,3-4H2,1-2H3,(H,19,20);8-10,15H,5-7H2,1-4H3,(H,18,20);4-10H,1-3H3,(H,19,20);3-9H,1-2H3,(H,16,17). The van der Waals surface area contributed by atoms with Gasteiger partial charge >= 0.3 is 0 Å². The number of furan rings is 2. The van der Waals surface area contributed by atoms with E-state index in [0.29, 0.717) is 104 Å². The molecule has 12 aromatic rings. The van der Waals surface area contributed by atoms with Crippen LogP contribution in [0.3, 0.4) is 0 Å². The van der Waals surface area contributed by atoms with E-state index in [4.69, 9.17) is 13.6 Å². The number of aryl methyl sites for hydroxylation is 4. The zero-order valence-corrected chi connectivity index (χ0v) is 91.5. The number of methoxy groups -OCH3 is 1. The lowest BCUT2D eigenvalue weighted by atomic mass is 9.99. The van der Waals surface area contributed by atoms with Crippen molar-refractivity contribution >= 4 is 258 Å². The van der Waals surface area contributed by atoms with Crippen molar-refractivity contribution in [2.24, 2.45) is 0 Å². The molecular weight excluding hydrogens is 2020 g/mol. The fraction of sp³-hybridized carbons (Fsp3) is 0.255. The van der Waals surface area contributed by atoms with Crippen molar-refractivity contribution in [1.29, 1.82) is 0 Å². The molecule has 1 fully saturated rings. The number of Topliss-reactive ketones (excluding diaryl/α,β-unsaturated/α-hetero) is 2. The van der Waals surface area contributed by atoms with Gasteiger partial charge in [0.1, 0.15) is 54.8 Å². The predicted molar refractivity (Wildman–Crippen MR) is 596 cm³/mol. The first kappa shape index (κ1) is 107. The smallest absolute Gasteiger partial charge is 0.257 e. The number of hydrogen-bond acceptors (Lipinski definition) is 21. The van der Waals surface area contributed by atoms with Gasteiger partial charge in [0.2, 0.25) is 0 Å². The van der Waals surface area contributed by atoms with Gasteiger partial charge in [-0.15, -0.1) is 11.3 Å². The maximum atomic E-state index is 13.2. The highest BCUT2D eigenvalue weighted by molar-refractivity contribution is 9.10. The predicted octanol–water partition coefficient (Wildman–Crippen LogP) is 23.0. The van der Waals surface area contributed by atoms with Gasteiger partial charge in [0.05, 0.1) is 68.7 Å². The molecular formula is C110H116BrN9O17P6S. The number of benzene rings is 7. The van der Waals surface area contributed by atoms with E-state index in [0.717, 1.165) is 144 Å². The van der Waals surface area contributed by atoms with Crippen LogP contribution in [0.25, 0.3) is 74.7 Å². The lowest BCUT2D eigenvalue weighted by Gasteiger charge is -2.22. The van der Waals surface area contributed by atoms with Gasteiger partial charge in [0.25, 0.3) is 35.4 Å². The van der Waals surface area contributed by atoms with Crippen molar-refractivity contribution in [2.75, 3.05) is 123 Å². The van der Waals surface area contributed by atoms with E-state index in [1.54, 1.807) is 139 Å². The van der Waals surface area contributed by atoms with Gasteiger partial charge in [0.15, 0.2) is 17.3 Å². The number of fused-ring (bicyclic) bond motifs is 7. The first-order valence-corrected chi connectivity index (χ1v) is 63.0. The van der Waals surface area contributed by atoms with Crippen LogP contribution in [0.5, 0.6) is 0 Å². The summed E-state index contributed by atoms with van der Waals surface area (Å²) >= 11 is 5.00. The molecule has 19 rings (SSSR count). The third kappa shape index (κ3) is 23.7. The number of ether oxygens (including phenoxy) is 1. The third-order valence-corrected chi connectivity index (χ3v) is 41.2. The maximum Gasteiger partial charge on any atom is 0.257 e. The molecule has 0 spiro atoms. The SMILES string of the molecule is CCP(=O)(CC)c1ccc2c(c1)C(=Cc1c(C)oc(C(C)=O)c1C(C)=O)C(=O)N2.CCP(=O)(CC)c1ccc2c(c1)C(=Cc1cc(Br)cs1)C(=O)N2.CCP(C)(=O)c1cc(C)cc2c1NC(=O)C2=Cc1ccc2ccccc2n1.COC1CCCN1C=C1C(=O)Nc2cc(C)cc(P(C)(C)=O)c21.CP(C)(=O)c1ccc2c(c1)NC(=O)C2=Cc1ccoc1.Cc1cccc(C=C2C(=O)Nc3cc(P(C)(C)=O)ccc32)n1. The maximum absolute atomic E-state index is 13.2. The van der Waals surface area contributed by atoms with Crippen molar-refractivity contribution in [1.82, 2.24) is 14.9 Å². The second-order valence-electron chi connectivity index (χ2n) is 37.2. The molecule has 5 aromatic heterocycles. The molecule has 7 aromatic carbocycles. The number of hydrogen-bond donors (Lipinski definition) is 6. The van der Waals surface area contributed by atoms with Gasteiger partial charge in [-0.1, -0.05) is 89.2 Å². The van der Waals surface area contributed by atoms with Gasteiger partial charge in [-0.2, -0.15) is 0 Å². The molecule has 12 heterocycles. The van der Waals surface area contributed by atoms with Crippen LogP contribution in [0.1, 0.15) is 166 Å². The second kappa shape index (κ2) is 43.9. The lowest BCUT2D eigenvalue weighted by molar-refractivity contribution is -0.111. The number of thiophene rings is 1. The molecule has 6 N–H and O–H groups in total. The van der Waals surface area contributed by atoms with E-state index >= 15 is 0 Å². The van der Waals surface area contributed by atoms with Crippen LogP contribution >= 0.6 is 70.1 Å². The molecule has 2 unspecified atom stereocenters. The Labute approximate surface area is 851 Å². The summed E-state index contributed by atoms with van der Waals surface area (Å²) in [5.74, 6) is -1.33. The van der Waals surface area contributed by atoms with Gasteiger partial charge in [0, 0.05) is 194 Å². The molecule has 1 saturated heterocycles. The monoisotopic (exact) mass is 2130 g/mol. The number of nitrogens with one attached hydrogen (secondary N) is 6. The highest BCUT2D eigenvalue weighted by Gasteiger charge is 2.38. The summed E-state index contributed by atoms with van der Waals surface area (Å²) in [5.41, 5.74) is 19.0. The van der Waals surface area contributed by atoms with Crippen LogP contribution in [-0.4, -0.2) is 159 Å². The van der Waals surface area contributed by atoms with Crippen molar-refractivity contribution in [3.05, 3.63) is 287 Å². The Balaban J connectivity index is 0.000000137. The third-order valence-electron chi connectivity index (χ3n) is 25.9. The van der Waals surface area contributed by atoms with Crippen LogP contribution in [-0.2, 0) is 60.9 Å². The van der Waals surface area contributed by atoms with Crippen LogP contribution in [0, 0.1) is 27.7 Å². The molecule has 0 saturated carbocycles. The average Bonchev–Trinajstić information content (AvgIpc) is 1.61. The highest BCUT2D eigenvalue weighted by Crippen LogP contribution is 2.51. The van der Waals surface area contributed by atoms with Crippen molar-refractivity contribution in [2.45, 2.75) is 95.2 Å². The molecule has 34 heteroatoms. The summed E-state index contributed by atoms with van der Waals surface area (Å²) in [4.78, 5) is 111. The van der Waals surface area contributed by atoms with Crippen LogP contribution in [0.4, 0.5) is 34.1 Å². The largest absolute Gasteiger partial charge is 0.472 e. The minimum atomic E-state index is -2.52. The summed E-state index contributed by atoms with van der Waals surface area (Å²) in [6.07, 6.45) is 18.8. The Morgan fingerprint density at radius 3 is 1.52 bits per heavy atom. The Kier molecular flexibility index (Phi) is 32.7. The molecule has 7 aliphatic heterocycles. The number of carbonyl (C=O) groups is 8. The number of likely N-dealkylation sites (tertiary alicyclic amines) is 1. The van der Waals surface area contributed by atoms with Gasteiger partial charge in [-0.3, -0.25) is 43.3 Å². The number of anilines is 6. The molecule has 6 amide bonds. The van der Waals surface area contributed by atoms with Crippen LogP contribution in [0.15, 0.2) is 201 Å². The summed E-state index contributed by atoms with van der Waals surface area (Å²) in [6.45, 7) is 32.8. The molecule has 0 aliphatic carbocycles. The average molecular weight is 2130 g/mol. The van der Waals surface area contributed by atoms with E-state index in [1.165, 1.54) is 13.8 Å². The Bertz CT molecular complexity index is 7800. The highest BCUT2D eigenvalue weighted by atomic mass is 79.9. The first-order valence-electron chi connectivity index (χ1n) is 47.1. The molecule has 2 atom stereocenters. The summed E-state index contributed by atoms with van der Waals surface area (Å²) in [7, 11) is -12.9. The number of para-hydroxylation sites is 1. The van der Waals surface area contributed by atoms with Gasteiger partial charge in [-0.05, 0) is 261 Å². The van der Waals surface area contributed by atoms with Crippen LogP contribution < -0.4 is 63.7 Å². The number of halogens is 1. The van der Waals surface area contributed by atoms with Crippen LogP contribution in [0.2, 0.25) is 0 Å². The molecule has 144 heavy (non-hydrogen) atoms. The number of ketones is 2. The number of pyridine rings is 2. The topological polar surface area (TPSA) is 376 Å². The van der Waals surface area contributed by atoms with Gasteiger partial charge < -0.3 is 77.8 Å². The van der Waals surface area contributed by atoms with E-state index in [-0.39, 0.29) is 64.6 Å². The fourth-order valence-electron chi connectivity index (χ4n) is 17.7. The zero-order valence-electron chi connectivity index (χ0n) is 83.8. The number of carbonyl (C=O) groups excluding carboxylic acids is 8. The summed E-state index contributed by atoms with van der Waals surface area (Å²) in [5, 5.41) is 24.9.